The summed E-state index contributed by atoms with van der Waals surface area (Å²) < 4.78 is 1.68. The molecular weight excluding hydrogens is 424 g/mol. The molecule has 178 valence electrons. The summed E-state index contributed by atoms with van der Waals surface area (Å²) in [7, 11) is 1.78. The number of aliphatic hydroxyl groups excluding tert-OH is 2. The average Bonchev–Trinajstić information content (AvgIpc) is 3.38. The third-order valence-electron chi connectivity index (χ3n) is 6.69. The molecule has 0 unspecified atom stereocenters. The highest BCUT2D eigenvalue weighted by Gasteiger charge is 2.36. The van der Waals surface area contributed by atoms with Gasteiger partial charge in [0.2, 0.25) is 0 Å². The second-order valence-electron chi connectivity index (χ2n) is 9.06. The van der Waals surface area contributed by atoms with Gasteiger partial charge in [-0.15, -0.1) is 0 Å². The second-order valence-corrected chi connectivity index (χ2v) is 9.06. The number of aryl methyl sites for hydroxylation is 2. The molecule has 4 rings (SSSR count). The van der Waals surface area contributed by atoms with Crippen molar-refractivity contribution < 1.29 is 19.8 Å². The number of nitrogen functional groups attached to an aromatic ring is 1. The smallest absolute Gasteiger partial charge is 0.255 e. The van der Waals surface area contributed by atoms with Crippen LogP contribution in [-0.4, -0.2) is 68.6 Å². The van der Waals surface area contributed by atoms with E-state index in [1.54, 1.807) is 17.9 Å². The summed E-state index contributed by atoms with van der Waals surface area (Å²) in [5.41, 5.74) is 10.9. The maximum absolute atomic E-state index is 12.6. The third kappa shape index (κ3) is 4.81. The number of aromatic nitrogens is 2. The number of nitrogens with one attached hydrogen (secondary N) is 1. The highest BCUT2D eigenvalue weighted by Crippen LogP contribution is 2.28. The molecule has 2 amide bonds. The van der Waals surface area contributed by atoms with E-state index in [1.165, 1.54) is 4.90 Å². The standard InChI is InChI=1S/C23H32N6O4/c1-14-3-4-18(17(24)9-14)28-7-5-15(6-8-28)10-25-22(32)20(30)21(31)23(33)29-12-16-11-26-27(2)19(16)13-29/h3-4,9,11,15,20-21,30-31H,5-8,10,12-13,24H2,1-2H3,(H,25,32)/t20-,21-/m1/s1. The quantitative estimate of drug-likeness (QED) is 0.446. The lowest BCUT2D eigenvalue weighted by Crippen LogP contribution is -2.50. The number of rotatable bonds is 6. The van der Waals surface area contributed by atoms with Crippen molar-refractivity contribution in [1.82, 2.24) is 20.0 Å². The van der Waals surface area contributed by atoms with Gasteiger partial charge in [-0.25, -0.2) is 0 Å². The Morgan fingerprint density at radius 3 is 2.61 bits per heavy atom. The van der Waals surface area contributed by atoms with Crippen LogP contribution in [0.5, 0.6) is 0 Å². The molecule has 0 saturated carbocycles. The molecule has 0 radical (unpaired) electrons. The largest absolute Gasteiger partial charge is 0.397 e. The van der Waals surface area contributed by atoms with Crippen LogP contribution in [0.4, 0.5) is 11.4 Å². The van der Waals surface area contributed by atoms with Gasteiger partial charge in [-0.1, -0.05) is 6.07 Å². The first-order valence-corrected chi connectivity index (χ1v) is 11.3. The molecule has 3 heterocycles. The summed E-state index contributed by atoms with van der Waals surface area (Å²) in [6.45, 7) is 4.63. The minimum absolute atomic E-state index is 0.248. The van der Waals surface area contributed by atoms with Crippen LogP contribution in [0.3, 0.4) is 0 Å². The normalized spacial score (nSPS) is 18.2. The lowest BCUT2D eigenvalue weighted by atomic mass is 9.96. The zero-order valence-electron chi connectivity index (χ0n) is 19.1. The lowest BCUT2D eigenvalue weighted by Gasteiger charge is -2.34. The summed E-state index contributed by atoms with van der Waals surface area (Å²) in [5.74, 6) is -1.16. The zero-order valence-corrected chi connectivity index (χ0v) is 19.1. The molecule has 2 aliphatic rings. The van der Waals surface area contributed by atoms with Crippen molar-refractivity contribution in [2.75, 3.05) is 30.3 Å². The number of carbonyl (C=O) groups is 2. The van der Waals surface area contributed by atoms with Crippen LogP contribution in [-0.2, 0) is 29.7 Å². The first-order chi connectivity index (χ1) is 15.7. The minimum atomic E-state index is -1.81. The summed E-state index contributed by atoms with van der Waals surface area (Å²) in [5, 5.41) is 27.4. The molecular formula is C23H32N6O4. The zero-order chi connectivity index (χ0) is 23.7. The summed E-state index contributed by atoms with van der Waals surface area (Å²) >= 11 is 0. The van der Waals surface area contributed by atoms with Gasteiger partial charge in [0.1, 0.15) is 0 Å². The number of carbonyl (C=O) groups excluding carboxylic acids is 2. The van der Waals surface area contributed by atoms with Crippen molar-refractivity contribution >= 4 is 23.2 Å². The van der Waals surface area contributed by atoms with Crippen LogP contribution >= 0.6 is 0 Å². The lowest BCUT2D eigenvalue weighted by molar-refractivity contribution is -0.153. The number of anilines is 2. The van der Waals surface area contributed by atoms with E-state index in [4.69, 9.17) is 5.73 Å². The van der Waals surface area contributed by atoms with E-state index in [2.05, 4.69) is 15.3 Å². The van der Waals surface area contributed by atoms with Crippen molar-refractivity contribution in [2.24, 2.45) is 13.0 Å². The number of hydrogen-bond donors (Lipinski definition) is 4. The van der Waals surface area contributed by atoms with Gasteiger partial charge in [-0.05, 0) is 43.4 Å². The second kappa shape index (κ2) is 9.40. The molecule has 2 aliphatic heterocycles. The van der Waals surface area contributed by atoms with E-state index >= 15 is 0 Å². The highest BCUT2D eigenvalue weighted by molar-refractivity contribution is 5.90. The number of nitrogens with zero attached hydrogens (tertiary/aromatic N) is 4. The highest BCUT2D eigenvalue weighted by atomic mass is 16.3. The van der Waals surface area contributed by atoms with Gasteiger partial charge in [-0.3, -0.25) is 14.3 Å². The number of nitrogens with two attached hydrogens (primary N) is 1. The molecule has 1 fully saturated rings. The molecule has 0 aliphatic carbocycles. The van der Waals surface area contributed by atoms with Crippen molar-refractivity contribution in [2.45, 2.75) is 45.1 Å². The average molecular weight is 457 g/mol. The number of aliphatic hydroxyl groups is 2. The molecule has 2 atom stereocenters. The van der Waals surface area contributed by atoms with E-state index in [0.29, 0.717) is 19.6 Å². The van der Waals surface area contributed by atoms with Crippen molar-refractivity contribution in [3.63, 3.8) is 0 Å². The van der Waals surface area contributed by atoms with Crippen LogP contribution in [0.2, 0.25) is 0 Å². The molecule has 1 aromatic carbocycles. The monoisotopic (exact) mass is 456 g/mol. The van der Waals surface area contributed by atoms with Gasteiger partial charge in [0.05, 0.1) is 29.8 Å². The van der Waals surface area contributed by atoms with Crippen LogP contribution in [0.1, 0.15) is 29.7 Å². The van der Waals surface area contributed by atoms with Crippen LogP contribution in [0.15, 0.2) is 24.4 Å². The number of piperidine rings is 1. The number of hydrogen-bond acceptors (Lipinski definition) is 7. The predicted octanol–water partition coefficient (Wildman–Crippen LogP) is -0.0925. The van der Waals surface area contributed by atoms with Gasteiger partial charge in [0, 0.05) is 38.8 Å². The number of amides is 2. The summed E-state index contributed by atoms with van der Waals surface area (Å²) in [4.78, 5) is 28.6. The van der Waals surface area contributed by atoms with Crippen molar-refractivity contribution in [3.8, 4) is 0 Å². The Labute approximate surface area is 193 Å². The Bertz CT molecular complexity index is 1030. The Balaban J connectivity index is 1.23. The molecule has 1 saturated heterocycles. The van der Waals surface area contributed by atoms with E-state index in [1.807, 2.05) is 25.1 Å². The SMILES string of the molecule is Cc1ccc(N2CCC(CNC(=O)[C@H](O)[C@@H](O)C(=O)N3Cc4cnn(C)c4C3)CC2)c(N)c1. The predicted molar refractivity (Wildman–Crippen MR) is 123 cm³/mol. The van der Waals surface area contributed by atoms with Crippen molar-refractivity contribution in [3.05, 3.63) is 41.2 Å². The molecule has 5 N–H and O–H groups in total. The molecule has 2 aromatic rings. The van der Waals surface area contributed by atoms with E-state index in [-0.39, 0.29) is 5.92 Å². The number of benzene rings is 1. The first-order valence-electron chi connectivity index (χ1n) is 11.3. The van der Waals surface area contributed by atoms with E-state index in [0.717, 1.165) is 54.1 Å². The van der Waals surface area contributed by atoms with Gasteiger partial charge < -0.3 is 31.1 Å². The van der Waals surface area contributed by atoms with Gasteiger partial charge in [-0.2, -0.15) is 5.10 Å². The Hall–Kier alpha value is -3.11. The van der Waals surface area contributed by atoms with Crippen LogP contribution in [0.25, 0.3) is 0 Å². The number of fused-ring (bicyclic) bond motifs is 1. The Morgan fingerprint density at radius 1 is 1.21 bits per heavy atom. The summed E-state index contributed by atoms with van der Waals surface area (Å²) in [6, 6.07) is 6.05. The fraction of sp³-hybridized carbons (Fsp3) is 0.522. The summed E-state index contributed by atoms with van der Waals surface area (Å²) in [6.07, 6.45) is -0.210. The maximum Gasteiger partial charge on any atom is 0.255 e. The molecule has 33 heavy (non-hydrogen) atoms. The molecule has 0 spiro atoms. The molecule has 1 aromatic heterocycles. The Morgan fingerprint density at radius 2 is 1.94 bits per heavy atom. The first kappa shape index (κ1) is 23.1. The fourth-order valence-electron chi connectivity index (χ4n) is 4.60. The topological polar surface area (TPSA) is 137 Å². The fourth-order valence-corrected chi connectivity index (χ4v) is 4.60. The molecule has 10 heteroatoms. The van der Waals surface area contributed by atoms with Gasteiger partial charge >= 0.3 is 0 Å². The third-order valence-corrected chi connectivity index (χ3v) is 6.69. The molecule has 0 bridgehead atoms. The van der Waals surface area contributed by atoms with E-state index < -0.39 is 24.0 Å². The maximum atomic E-state index is 12.6. The van der Waals surface area contributed by atoms with Crippen LogP contribution < -0.4 is 16.0 Å². The van der Waals surface area contributed by atoms with E-state index in [9.17, 15) is 19.8 Å². The van der Waals surface area contributed by atoms with Gasteiger partial charge in [0.15, 0.2) is 12.2 Å². The minimum Gasteiger partial charge on any atom is -0.397 e. The van der Waals surface area contributed by atoms with Gasteiger partial charge in [0.25, 0.3) is 11.8 Å². The Kier molecular flexibility index (Phi) is 6.57. The van der Waals surface area contributed by atoms with Crippen LogP contribution in [0, 0.1) is 12.8 Å². The molecule has 10 nitrogen and oxygen atoms in total. The van der Waals surface area contributed by atoms with Crippen molar-refractivity contribution in [1.29, 1.82) is 0 Å².